The number of aryl methyl sites for hydroxylation is 1. The second kappa shape index (κ2) is 9.72. The van der Waals surface area contributed by atoms with Gasteiger partial charge in [0.15, 0.2) is 11.5 Å². The van der Waals surface area contributed by atoms with E-state index in [4.69, 9.17) is 9.84 Å². The van der Waals surface area contributed by atoms with Crippen LogP contribution in [0.2, 0.25) is 0 Å². The molecule has 1 aliphatic carbocycles. The third kappa shape index (κ3) is 4.69. The number of hydrogen-bond acceptors (Lipinski definition) is 6. The molecular weight excluding hydrogens is 519 g/mol. The molecule has 1 fully saturated rings. The first-order valence-corrected chi connectivity index (χ1v) is 13.1. The van der Waals surface area contributed by atoms with Crippen LogP contribution < -0.4 is 4.74 Å². The monoisotopic (exact) mass is 547 g/mol. The summed E-state index contributed by atoms with van der Waals surface area (Å²) in [6.07, 6.45) is 2.58. The lowest BCUT2D eigenvalue weighted by Crippen LogP contribution is -2.06. The van der Waals surface area contributed by atoms with E-state index in [1.807, 2.05) is 49.6 Å². The molecule has 40 heavy (non-hydrogen) atoms. The maximum atomic E-state index is 13.3. The van der Waals surface area contributed by atoms with Gasteiger partial charge in [-0.05, 0) is 50.8 Å². The summed E-state index contributed by atoms with van der Waals surface area (Å²) in [5.41, 5.74) is 5.22. The minimum absolute atomic E-state index is 0.170. The number of rotatable bonds is 7. The van der Waals surface area contributed by atoms with Crippen LogP contribution in [-0.2, 0) is 12.6 Å². The third-order valence-electron chi connectivity index (χ3n) is 7.19. The average molecular weight is 548 g/mol. The molecule has 4 aromatic heterocycles. The van der Waals surface area contributed by atoms with Crippen LogP contribution in [0.15, 0.2) is 49.1 Å². The normalized spacial score (nSPS) is 13.9. The SMILES string of the molecule is COc1ncnc(C2CC2)c1-c1ncc2c(C)cc(Cc3ccc(-c4nc(C(F)(F)F)cn4C(C)C)cc3)n2n1. The van der Waals surface area contributed by atoms with Crippen LogP contribution in [0.1, 0.15) is 66.9 Å². The largest absolute Gasteiger partial charge is 0.480 e. The number of fused-ring (bicyclic) bond motifs is 1. The summed E-state index contributed by atoms with van der Waals surface area (Å²) in [4.78, 5) is 17.4. The highest BCUT2D eigenvalue weighted by molar-refractivity contribution is 5.67. The summed E-state index contributed by atoms with van der Waals surface area (Å²) in [7, 11) is 1.58. The zero-order valence-corrected chi connectivity index (χ0v) is 22.6. The fourth-order valence-electron chi connectivity index (χ4n) is 5.00. The van der Waals surface area contributed by atoms with Crippen molar-refractivity contribution in [2.75, 3.05) is 7.11 Å². The molecule has 0 spiro atoms. The molecule has 11 heteroatoms. The first-order valence-electron chi connectivity index (χ1n) is 13.1. The Morgan fingerprint density at radius 3 is 2.48 bits per heavy atom. The molecule has 1 aromatic carbocycles. The molecule has 0 radical (unpaired) electrons. The van der Waals surface area contributed by atoms with Gasteiger partial charge in [-0.1, -0.05) is 24.3 Å². The summed E-state index contributed by atoms with van der Waals surface area (Å²) in [5.74, 6) is 1.60. The number of alkyl halides is 3. The van der Waals surface area contributed by atoms with Gasteiger partial charge >= 0.3 is 6.18 Å². The van der Waals surface area contributed by atoms with E-state index in [1.54, 1.807) is 17.9 Å². The summed E-state index contributed by atoms with van der Waals surface area (Å²) in [5, 5.41) is 4.89. The topological polar surface area (TPSA) is 83.0 Å². The first-order chi connectivity index (χ1) is 19.1. The van der Waals surface area contributed by atoms with Gasteiger partial charge in [-0.15, -0.1) is 5.10 Å². The second-order valence-electron chi connectivity index (χ2n) is 10.4. The molecular formula is C29H28F3N7O. The first kappa shape index (κ1) is 26.0. The van der Waals surface area contributed by atoms with E-state index in [-0.39, 0.29) is 6.04 Å². The van der Waals surface area contributed by atoms with Gasteiger partial charge in [0, 0.05) is 35.8 Å². The molecule has 4 heterocycles. The van der Waals surface area contributed by atoms with Crippen LogP contribution in [0.5, 0.6) is 5.88 Å². The summed E-state index contributed by atoms with van der Waals surface area (Å²) < 4.78 is 49.0. The lowest BCUT2D eigenvalue weighted by Gasteiger charge is -2.12. The van der Waals surface area contributed by atoms with Gasteiger partial charge in [-0.3, -0.25) is 0 Å². The van der Waals surface area contributed by atoms with Crippen molar-refractivity contribution in [3.05, 3.63) is 77.3 Å². The predicted octanol–water partition coefficient (Wildman–Crippen LogP) is 6.43. The number of benzene rings is 1. The standard InChI is InChI=1S/C29H28F3N7O/c1-16(2)38-14-23(29(30,31)32)36-27(38)20-7-5-18(6-8-20)12-21-11-17(3)22-13-33-26(37-39(21)22)24-25(19-9-10-19)34-15-35-28(24)40-4/h5-8,11,13-16,19H,9-10,12H2,1-4H3. The Kier molecular flexibility index (Phi) is 6.31. The van der Waals surface area contributed by atoms with Gasteiger partial charge < -0.3 is 9.30 Å². The molecule has 0 unspecified atom stereocenters. The van der Waals surface area contributed by atoms with Gasteiger partial charge in [-0.2, -0.15) is 13.2 Å². The molecule has 0 bridgehead atoms. The van der Waals surface area contributed by atoms with Crippen LogP contribution >= 0.6 is 0 Å². The minimum atomic E-state index is -4.50. The molecule has 0 N–H and O–H groups in total. The molecule has 0 amide bonds. The third-order valence-corrected chi connectivity index (χ3v) is 7.19. The smallest absolute Gasteiger partial charge is 0.434 e. The van der Waals surface area contributed by atoms with Crippen molar-refractivity contribution < 1.29 is 17.9 Å². The van der Waals surface area contributed by atoms with Crippen LogP contribution in [0, 0.1) is 6.92 Å². The number of ether oxygens (including phenoxy) is 1. The van der Waals surface area contributed by atoms with Crippen molar-refractivity contribution in [1.82, 2.24) is 34.1 Å². The highest BCUT2D eigenvalue weighted by atomic mass is 19.4. The van der Waals surface area contributed by atoms with Gasteiger partial charge in [0.1, 0.15) is 17.7 Å². The maximum absolute atomic E-state index is 13.3. The van der Waals surface area contributed by atoms with Crippen molar-refractivity contribution in [2.45, 2.75) is 58.2 Å². The highest BCUT2D eigenvalue weighted by Crippen LogP contribution is 2.44. The Hall–Kier alpha value is -4.28. The molecule has 8 nitrogen and oxygen atoms in total. The summed E-state index contributed by atoms with van der Waals surface area (Å²) in [6.45, 7) is 5.68. The predicted molar refractivity (Wildman–Crippen MR) is 143 cm³/mol. The number of halogens is 3. The van der Waals surface area contributed by atoms with Crippen LogP contribution in [0.3, 0.4) is 0 Å². The molecule has 0 atom stereocenters. The van der Waals surface area contributed by atoms with Crippen LogP contribution in [0.25, 0.3) is 28.3 Å². The molecule has 1 saturated carbocycles. The highest BCUT2D eigenvalue weighted by Gasteiger charge is 2.35. The Morgan fingerprint density at radius 2 is 1.82 bits per heavy atom. The van der Waals surface area contributed by atoms with Gasteiger partial charge in [0.25, 0.3) is 0 Å². The minimum Gasteiger partial charge on any atom is -0.480 e. The zero-order valence-electron chi connectivity index (χ0n) is 22.6. The number of aromatic nitrogens is 7. The van der Waals surface area contributed by atoms with E-state index in [2.05, 4.69) is 26.0 Å². The Labute approximate surface area is 228 Å². The Bertz CT molecular complexity index is 1700. The van der Waals surface area contributed by atoms with Crippen molar-refractivity contribution in [1.29, 1.82) is 0 Å². The van der Waals surface area contributed by atoms with Crippen molar-refractivity contribution in [3.8, 4) is 28.7 Å². The van der Waals surface area contributed by atoms with Gasteiger partial charge in [0.05, 0.1) is 24.5 Å². The van der Waals surface area contributed by atoms with Crippen molar-refractivity contribution in [2.24, 2.45) is 0 Å². The fourth-order valence-corrected chi connectivity index (χ4v) is 5.00. The lowest BCUT2D eigenvalue weighted by molar-refractivity contribution is -0.140. The maximum Gasteiger partial charge on any atom is 0.434 e. The second-order valence-corrected chi connectivity index (χ2v) is 10.4. The van der Waals surface area contributed by atoms with Crippen LogP contribution in [0.4, 0.5) is 13.2 Å². The quantitative estimate of drug-likeness (QED) is 0.233. The van der Waals surface area contributed by atoms with E-state index >= 15 is 0 Å². The molecule has 5 aromatic rings. The molecule has 0 saturated heterocycles. The molecule has 206 valence electrons. The average Bonchev–Trinajstić information content (AvgIpc) is 3.60. The summed E-state index contributed by atoms with van der Waals surface area (Å²) in [6, 6.07) is 9.36. The molecule has 1 aliphatic rings. The van der Waals surface area contributed by atoms with E-state index in [1.165, 1.54) is 6.33 Å². The number of imidazole rings is 1. The molecule has 0 aliphatic heterocycles. The lowest BCUT2D eigenvalue weighted by atomic mass is 10.1. The van der Waals surface area contributed by atoms with E-state index in [0.717, 1.165) is 52.6 Å². The van der Waals surface area contributed by atoms with E-state index in [0.29, 0.717) is 35.4 Å². The Balaban J connectivity index is 1.34. The van der Waals surface area contributed by atoms with E-state index in [9.17, 15) is 13.2 Å². The van der Waals surface area contributed by atoms with Gasteiger partial charge in [0.2, 0.25) is 5.88 Å². The number of hydrogen-bond donors (Lipinski definition) is 0. The van der Waals surface area contributed by atoms with Gasteiger partial charge in [-0.25, -0.2) is 24.5 Å². The van der Waals surface area contributed by atoms with Crippen LogP contribution in [-0.4, -0.2) is 41.2 Å². The molecule has 6 rings (SSSR count). The number of methoxy groups -OCH3 is 1. The zero-order chi connectivity index (χ0) is 28.2. The van der Waals surface area contributed by atoms with Crippen molar-refractivity contribution >= 4 is 5.52 Å². The van der Waals surface area contributed by atoms with E-state index < -0.39 is 11.9 Å². The number of nitrogens with zero attached hydrogens (tertiary/aromatic N) is 7. The van der Waals surface area contributed by atoms with Crippen molar-refractivity contribution in [3.63, 3.8) is 0 Å². The summed E-state index contributed by atoms with van der Waals surface area (Å²) >= 11 is 0. The Morgan fingerprint density at radius 1 is 1.07 bits per heavy atom. The fraction of sp³-hybridized carbons (Fsp3) is 0.345.